The Morgan fingerprint density at radius 2 is 1.70 bits per heavy atom. The highest BCUT2D eigenvalue weighted by atomic mass is 32.2. The summed E-state index contributed by atoms with van der Waals surface area (Å²) < 4.78 is 73.4. The van der Waals surface area contributed by atoms with Crippen molar-refractivity contribution in [2.75, 3.05) is 24.6 Å². The zero-order valence-corrected chi connectivity index (χ0v) is 26.7. The van der Waals surface area contributed by atoms with Crippen molar-refractivity contribution in [2.45, 2.75) is 69.6 Å². The molecule has 0 unspecified atom stereocenters. The molecule has 1 aromatic rings. The number of nitrogens with zero attached hydrogens (tertiary/aromatic N) is 1. The van der Waals surface area contributed by atoms with Crippen molar-refractivity contribution >= 4 is 43.5 Å². The van der Waals surface area contributed by atoms with E-state index in [1.165, 1.54) is 6.07 Å². The zero-order chi connectivity index (χ0) is 32.4. The van der Waals surface area contributed by atoms with Gasteiger partial charge in [-0.1, -0.05) is 19.9 Å². The molecule has 0 bridgehead atoms. The van der Waals surface area contributed by atoms with Crippen molar-refractivity contribution in [3.05, 3.63) is 64.2 Å². The smallest absolute Gasteiger partial charge is 0.303 e. The third-order valence-corrected chi connectivity index (χ3v) is 9.78. The summed E-state index contributed by atoms with van der Waals surface area (Å²) in [5.74, 6) is 0.0392. The molecule has 3 aliphatic rings. The third kappa shape index (κ3) is 7.95. The van der Waals surface area contributed by atoms with Crippen molar-refractivity contribution in [3.63, 3.8) is 0 Å². The lowest BCUT2D eigenvalue weighted by molar-refractivity contribution is -0.137. The quantitative estimate of drug-likeness (QED) is 0.0947. The molecule has 1 heterocycles. The van der Waals surface area contributed by atoms with E-state index in [1.54, 1.807) is 13.0 Å². The molecule has 1 aromatic carbocycles. The molecule has 0 aromatic heterocycles. The largest absolute Gasteiger partial charge is 0.481 e. The Hall–Kier alpha value is -3.52. The van der Waals surface area contributed by atoms with Gasteiger partial charge in [-0.05, 0) is 72.6 Å². The van der Waals surface area contributed by atoms with Gasteiger partial charge in [-0.15, -0.1) is 0 Å². The number of carboxylic acid groups (broad SMARTS) is 1. The summed E-state index contributed by atoms with van der Waals surface area (Å²) in [7, 11) is -8.58. The van der Waals surface area contributed by atoms with Gasteiger partial charge >= 0.3 is 5.97 Å². The van der Waals surface area contributed by atoms with Gasteiger partial charge in [-0.2, -0.15) is 16.8 Å². The van der Waals surface area contributed by atoms with Crippen molar-refractivity contribution < 1.29 is 40.3 Å². The fourth-order valence-corrected chi connectivity index (χ4v) is 6.92. The Kier molecular flexibility index (Phi) is 9.74. The van der Waals surface area contributed by atoms with Crippen LogP contribution in [0.25, 0.3) is 23.0 Å². The predicted molar refractivity (Wildman–Crippen MR) is 168 cm³/mol. The van der Waals surface area contributed by atoms with Crippen LogP contribution in [0.15, 0.2) is 45.7 Å². The minimum Gasteiger partial charge on any atom is -0.481 e. The Morgan fingerprint density at radius 3 is 2.36 bits per heavy atom. The van der Waals surface area contributed by atoms with Crippen LogP contribution >= 0.6 is 0 Å². The molecule has 0 amide bonds. The average molecular weight is 648 g/mol. The molecule has 1 aliphatic heterocycles. The van der Waals surface area contributed by atoms with Gasteiger partial charge in [0.1, 0.15) is 29.5 Å². The highest BCUT2D eigenvalue weighted by Crippen LogP contribution is 2.45. The maximum atomic E-state index is 11.8. The molecule has 0 radical (unpaired) electrons. The molecule has 0 saturated heterocycles. The number of hydrogen-bond acceptors (Lipinski definition) is 7. The molecule has 44 heavy (non-hydrogen) atoms. The van der Waals surface area contributed by atoms with Gasteiger partial charge in [0.15, 0.2) is 0 Å². The van der Waals surface area contributed by atoms with E-state index in [2.05, 4.69) is 19.9 Å². The van der Waals surface area contributed by atoms with E-state index in [4.69, 9.17) is 15.3 Å². The van der Waals surface area contributed by atoms with Crippen LogP contribution in [0.3, 0.4) is 0 Å². The number of rotatable bonds is 12. The Labute approximate surface area is 257 Å². The number of fused-ring (bicyclic) bond motifs is 2. The molecular weight excluding hydrogens is 608 g/mol. The molecule has 4 rings (SSSR count). The summed E-state index contributed by atoms with van der Waals surface area (Å²) >= 11 is 0. The number of carboxylic acids is 1. The van der Waals surface area contributed by atoms with Crippen molar-refractivity contribution in [2.24, 2.45) is 0 Å². The van der Waals surface area contributed by atoms with Crippen LogP contribution in [0.1, 0.15) is 74.8 Å². The van der Waals surface area contributed by atoms with E-state index in [9.17, 15) is 30.7 Å². The lowest BCUT2D eigenvalue weighted by Crippen LogP contribution is -2.33. The first-order valence-electron chi connectivity index (χ1n) is 14.4. The molecule has 238 valence electrons. The first kappa shape index (κ1) is 33.4. The van der Waals surface area contributed by atoms with Gasteiger partial charge in [0.2, 0.25) is 5.36 Å². The normalized spacial score (nSPS) is 15.5. The number of unbranched alkanes of at least 4 members (excludes halogenated alkanes) is 2. The second kappa shape index (κ2) is 12.8. The number of benzene rings is 2. The summed E-state index contributed by atoms with van der Waals surface area (Å²) in [6, 6.07) is 10.8. The number of hydrogen-bond donors (Lipinski definition) is 4. The van der Waals surface area contributed by atoms with E-state index in [0.29, 0.717) is 55.9 Å². The van der Waals surface area contributed by atoms with E-state index in [-0.39, 0.29) is 34.6 Å². The average Bonchev–Trinajstić information content (AvgIpc) is 2.90. The van der Waals surface area contributed by atoms with Crippen LogP contribution in [0.2, 0.25) is 0 Å². The fourth-order valence-electron chi connectivity index (χ4n) is 5.76. The zero-order valence-electron chi connectivity index (χ0n) is 25.0. The van der Waals surface area contributed by atoms with Crippen LogP contribution in [0.5, 0.6) is 0 Å². The first-order chi connectivity index (χ1) is 20.5. The lowest BCUT2D eigenvalue weighted by Gasteiger charge is -2.33. The summed E-state index contributed by atoms with van der Waals surface area (Å²) in [4.78, 5) is 10.5. The summed E-state index contributed by atoms with van der Waals surface area (Å²) in [5, 5.41) is 9.72. The number of nitrogens with two attached hydrogens (primary N) is 1. The molecule has 0 spiro atoms. The number of allylic oxidation sites excluding steroid dienone is 1. The maximum absolute atomic E-state index is 11.8. The van der Waals surface area contributed by atoms with Crippen LogP contribution < -0.4 is 15.7 Å². The SMILES string of the molecule is Cc1c(C2=Cc3oc4cc(=[N+](CCCCCC(=O)O)CCCS(=O)(=O)O)ccc-4cc3C(C)(C)C2)ccc(S(=O)(=O)O)c1N. The van der Waals surface area contributed by atoms with E-state index < -0.39 is 26.2 Å². The Morgan fingerprint density at radius 1 is 1.00 bits per heavy atom. The minimum absolute atomic E-state index is 0.00774. The van der Waals surface area contributed by atoms with Crippen LogP contribution in [-0.4, -0.2) is 55.9 Å². The standard InChI is InChI=1S/C31H38N2O9S2/c1-20-24(11-12-28(30(20)32)44(39,40)41)22-17-27-25(31(2,3)19-22)16-21-9-10-23(18-26(21)42-27)33(14-7-15-43(36,37)38)13-6-4-5-8-29(34)35/h9-12,16-18H,4-8,13-15,19,32H2,1-3H3,(H2-,34,35,36,37,38,39,40,41)/p+1. The van der Waals surface area contributed by atoms with Crippen molar-refractivity contribution in [1.82, 2.24) is 4.58 Å². The molecule has 2 aliphatic carbocycles. The van der Waals surface area contributed by atoms with Gasteiger partial charge in [-0.25, -0.2) is 4.58 Å². The molecule has 0 atom stereocenters. The summed E-state index contributed by atoms with van der Waals surface area (Å²) in [6.07, 6.45) is 4.81. The number of carbonyl (C=O) groups is 1. The van der Waals surface area contributed by atoms with Crippen LogP contribution in [0, 0.1) is 6.92 Å². The lowest BCUT2D eigenvalue weighted by atomic mass is 9.72. The van der Waals surface area contributed by atoms with Crippen molar-refractivity contribution in [1.29, 1.82) is 0 Å². The van der Waals surface area contributed by atoms with Gasteiger partial charge in [0.25, 0.3) is 20.2 Å². The highest BCUT2D eigenvalue weighted by molar-refractivity contribution is 7.86. The second-order valence-electron chi connectivity index (χ2n) is 11.9. The highest BCUT2D eigenvalue weighted by Gasteiger charge is 2.33. The maximum Gasteiger partial charge on any atom is 0.303 e. The van der Waals surface area contributed by atoms with Crippen LogP contribution in [-0.2, 0) is 30.4 Å². The number of nitrogen functional groups attached to an aromatic ring is 1. The second-order valence-corrected chi connectivity index (χ2v) is 14.9. The third-order valence-electron chi connectivity index (χ3n) is 8.06. The van der Waals surface area contributed by atoms with Crippen LogP contribution in [0.4, 0.5) is 5.69 Å². The van der Waals surface area contributed by atoms with Gasteiger partial charge < -0.3 is 15.3 Å². The van der Waals surface area contributed by atoms with E-state index in [1.807, 2.05) is 28.9 Å². The summed E-state index contributed by atoms with van der Waals surface area (Å²) in [5.41, 5.74) is 9.86. The molecule has 0 saturated carbocycles. The first-order valence-corrected chi connectivity index (χ1v) is 17.4. The molecule has 0 fully saturated rings. The monoisotopic (exact) mass is 647 g/mol. The molecule has 5 N–H and O–H groups in total. The predicted octanol–water partition coefficient (Wildman–Crippen LogP) is 4.44. The fraction of sp³-hybridized carbons (Fsp3) is 0.419. The van der Waals surface area contributed by atoms with Gasteiger partial charge in [-0.3, -0.25) is 13.9 Å². The summed E-state index contributed by atoms with van der Waals surface area (Å²) in [6.45, 7) is 6.85. The van der Waals surface area contributed by atoms with E-state index >= 15 is 0 Å². The van der Waals surface area contributed by atoms with Gasteiger partial charge in [0, 0.05) is 36.5 Å². The van der Waals surface area contributed by atoms with Crippen molar-refractivity contribution in [3.8, 4) is 11.3 Å². The topological polar surface area (TPSA) is 188 Å². The van der Waals surface area contributed by atoms with E-state index in [0.717, 1.165) is 27.6 Å². The van der Waals surface area contributed by atoms with Gasteiger partial charge in [0.05, 0.1) is 17.5 Å². The molecular formula is C31H39N2O9S2+. The minimum atomic E-state index is -4.47. The number of aliphatic carboxylic acids is 1. The Balaban J connectivity index is 1.77. The molecule has 13 heteroatoms. The Bertz CT molecular complexity index is 1870. The molecule has 11 nitrogen and oxygen atoms in total. The number of anilines is 1.